The van der Waals surface area contributed by atoms with Crippen molar-refractivity contribution in [3.8, 4) is 0 Å². The van der Waals surface area contributed by atoms with Gasteiger partial charge in [0.05, 0.1) is 19.8 Å². The lowest BCUT2D eigenvalue weighted by Gasteiger charge is -2.08. The van der Waals surface area contributed by atoms with Crippen molar-refractivity contribution in [2.24, 2.45) is 0 Å². The van der Waals surface area contributed by atoms with Crippen LogP contribution in [0.3, 0.4) is 0 Å². The summed E-state index contributed by atoms with van der Waals surface area (Å²) in [6, 6.07) is 0.493. The van der Waals surface area contributed by atoms with Gasteiger partial charge in [-0.05, 0) is 6.92 Å². The fourth-order valence-electron chi connectivity index (χ4n) is 0.856. The minimum atomic E-state index is 0. The second-order valence-corrected chi connectivity index (χ2v) is 3.48. The molecule has 0 aliphatic rings. The largest absolute Gasteiger partial charge is 0.378 e. The molecular weight excluding hydrogens is 182 g/mol. The predicted molar refractivity (Wildman–Crippen MR) is 57.6 cm³/mol. The molecule has 0 fully saturated rings. The van der Waals surface area contributed by atoms with Gasteiger partial charge in [0.25, 0.3) is 0 Å². The van der Waals surface area contributed by atoms with Crippen LogP contribution in [0.2, 0.25) is 0 Å². The molecular formula is C10H23NO3. The van der Waals surface area contributed by atoms with E-state index in [-0.39, 0.29) is 13.8 Å². The Morgan fingerprint density at radius 3 is 2.50 bits per heavy atom. The molecule has 0 aliphatic carbocycles. The highest BCUT2D eigenvalue weighted by Crippen LogP contribution is 1.80. The minimum absolute atomic E-state index is 0. The average Bonchev–Trinajstić information content (AvgIpc) is 2.08. The van der Waals surface area contributed by atoms with Crippen LogP contribution in [0.15, 0.2) is 0 Å². The molecule has 0 aromatic carbocycles. The summed E-state index contributed by atoms with van der Waals surface area (Å²) in [5, 5.41) is 3.23. The molecule has 0 aromatic rings. The Morgan fingerprint density at radius 1 is 1.29 bits per heavy atom. The van der Waals surface area contributed by atoms with Gasteiger partial charge < -0.3 is 14.8 Å². The van der Waals surface area contributed by atoms with Crippen LogP contribution < -0.4 is 5.32 Å². The highest BCUT2D eigenvalue weighted by atomic mass is 16.5. The van der Waals surface area contributed by atoms with Gasteiger partial charge in [-0.15, -0.1) is 0 Å². The van der Waals surface area contributed by atoms with Crippen molar-refractivity contribution < 1.29 is 15.7 Å². The van der Waals surface area contributed by atoms with Gasteiger partial charge in [-0.25, -0.2) is 0 Å². The lowest BCUT2D eigenvalue weighted by atomic mass is 10.4. The molecule has 86 valence electrons. The van der Waals surface area contributed by atoms with Gasteiger partial charge in [-0.1, -0.05) is 13.8 Å². The zero-order valence-corrected chi connectivity index (χ0v) is 9.34. The second kappa shape index (κ2) is 9.12. The van der Waals surface area contributed by atoms with Crippen molar-refractivity contribution in [1.29, 1.82) is 0 Å². The van der Waals surface area contributed by atoms with Crippen LogP contribution in [-0.2, 0) is 14.3 Å². The highest BCUT2D eigenvalue weighted by Gasteiger charge is 1.94. The van der Waals surface area contributed by atoms with Crippen molar-refractivity contribution in [2.45, 2.75) is 26.8 Å². The van der Waals surface area contributed by atoms with E-state index >= 15 is 0 Å². The molecule has 0 heterocycles. The van der Waals surface area contributed by atoms with Crippen molar-refractivity contribution in [2.75, 3.05) is 33.0 Å². The maximum Gasteiger partial charge on any atom is 0.155 e. The SMILES string of the molecule is CC(=O)COCCOCCNC(C)C.[HH]. The van der Waals surface area contributed by atoms with Crippen LogP contribution in [0.5, 0.6) is 0 Å². The van der Waals surface area contributed by atoms with E-state index in [4.69, 9.17) is 9.47 Å². The van der Waals surface area contributed by atoms with Gasteiger partial charge in [0.15, 0.2) is 5.78 Å². The van der Waals surface area contributed by atoms with Crippen LogP contribution in [0, 0.1) is 0 Å². The smallest absolute Gasteiger partial charge is 0.155 e. The number of hydrogen-bond donors (Lipinski definition) is 1. The summed E-state index contributed by atoms with van der Waals surface area (Å²) in [7, 11) is 0. The summed E-state index contributed by atoms with van der Waals surface area (Å²) < 4.78 is 10.3. The molecule has 0 unspecified atom stereocenters. The first kappa shape index (κ1) is 13.5. The number of carbonyl (C=O) groups is 1. The summed E-state index contributed by atoms with van der Waals surface area (Å²) in [5.41, 5.74) is 0. The first-order valence-electron chi connectivity index (χ1n) is 5.01. The Labute approximate surface area is 87.4 Å². The van der Waals surface area contributed by atoms with E-state index in [2.05, 4.69) is 19.2 Å². The van der Waals surface area contributed by atoms with Crippen LogP contribution in [0.25, 0.3) is 0 Å². The molecule has 14 heavy (non-hydrogen) atoms. The third-order valence-corrected chi connectivity index (χ3v) is 1.48. The Hall–Kier alpha value is -0.450. The molecule has 4 nitrogen and oxygen atoms in total. The Kier molecular flexibility index (Phi) is 8.83. The van der Waals surface area contributed by atoms with Crippen molar-refractivity contribution >= 4 is 5.78 Å². The molecule has 0 aromatic heterocycles. The lowest BCUT2D eigenvalue weighted by Crippen LogP contribution is -2.27. The molecule has 0 saturated heterocycles. The number of rotatable bonds is 9. The van der Waals surface area contributed by atoms with Crippen LogP contribution in [0.4, 0.5) is 0 Å². The second-order valence-electron chi connectivity index (χ2n) is 3.48. The van der Waals surface area contributed by atoms with Crippen LogP contribution >= 0.6 is 0 Å². The maximum atomic E-state index is 10.5. The first-order chi connectivity index (χ1) is 6.63. The maximum absolute atomic E-state index is 10.5. The summed E-state index contributed by atoms with van der Waals surface area (Å²) in [6.45, 7) is 8.45. The third-order valence-electron chi connectivity index (χ3n) is 1.48. The molecule has 0 aliphatic heterocycles. The molecule has 4 heteroatoms. The number of ketones is 1. The number of nitrogens with one attached hydrogen (secondary N) is 1. The van der Waals surface area contributed by atoms with Gasteiger partial charge in [-0.3, -0.25) is 4.79 Å². The van der Waals surface area contributed by atoms with E-state index in [1.807, 2.05) is 0 Å². The van der Waals surface area contributed by atoms with E-state index in [1.54, 1.807) is 0 Å². The average molecular weight is 205 g/mol. The van der Waals surface area contributed by atoms with Crippen molar-refractivity contribution in [1.82, 2.24) is 5.32 Å². The number of ether oxygens (including phenoxy) is 2. The molecule has 0 rings (SSSR count). The highest BCUT2D eigenvalue weighted by molar-refractivity contribution is 5.76. The Balaban J connectivity index is 0. The van der Waals surface area contributed by atoms with Crippen molar-refractivity contribution in [3.05, 3.63) is 0 Å². The zero-order chi connectivity index (χ0) is 10.8. The van der Waals surface area contributed by atoms with E-state index in [0.29, 0.717) is 25.9 Å². The summed E-state index contributed by atoms with van der Waals surface area (Å²) in [5.74, 6) is 0.0477. The number of Topliss-reactive ketones (excluding diaryl/α,β-unsaturated/α-hetero) is 1. The van der Waals surface area contributed by atoms with Gasteiger partial charge in [-0.2, -0.15) is 0 Å². The fraction of sp³-hybridized carbons (Fsp3) is 0.900. The standard InChI is InChI=1S/C10H21NO3.H2/c1-9(2)11-4-5-13-6-7-14-8-10(3)12;/h9,11H,4-8H2,1-3H3;1H. The number of hydrogen-bond acceptors (Lipinski definition) is 4. The fourth-order valence-corrected chi connectivity index (χ4v) is 0.856. The van der Waals surface area contributed by atoms with E-state index in [0.717, 1.165) is 6.54 Å². The van der Waals surface area contributed by atoms with E-state index in [9.17, 15) is 4.79 Å². The molecule has 1 N–H and O–H groups in total. The Bertz CT molecular complexity index is 154. The normalized spacial score (nSPS) is 10.9. The lowest BCUT2D eigenvalue weighted by molar-refractivity contribution is -0.121. The quantitative estimate of drug-likeness (QED) is 0.567. The van der Waals surface area contributed by atoms with Crippen LogP contribution in [0.1, 0.15) is 22.2 Å². The van der Waals surface area contributed by atoms with Gasteiger partial charge in [0.1, 0.15) is 6.61 Å². The molecule has 0 saturated carbocycles. The van der Waals surface area contributed by atoms with Gasteiger partial charge in [0.2, 0.25) is 0 Å². The van der Waals surface area contributed by atoms with E-state index in [1.165, 1.54) is 6.92 Å². The molecule has 0 amide bonds. The zero-order valence-electron chi connectivity index (χ0n) is 9.34. The van der Waals surface area contributed by atoms with E-state index < -0.39 is 0 Å². The number of carbonyl (C=O) groups excluding carboxylic acids is 1. The van der Waals surface area contributed by atoms with Crippen LogP contribution in [-0.4, -0.2) is 44.8 Å². The topological polar surface area (TPSA) is 47.6 Å². The minimum Gasteiger partial charge on any atom is -0.378 e. The van der Waals surface area contributed by atoms with Crippen molar-refractivity contribution in [3.63, 3.8) is 0 Å². The Morgan fingerprint density at radius 2 is 1.93 bits per heavy atom. The molecule has 0 atom stereocenters. The van der Waals surface area contributed by atoms with Gasteiger partial charge >= 0.3 is 0 Å². The summed E-state index contributed by atoms with van der Waals surface area (Å²) >= 11 is 0. The molecule has 0 radical (unpaired) electrons. The monoisotopic (exact) mass is 205 g/mol. The molecule has 0 spiro atoms. The first-order valence-corrected chi connectivity index (χ1v) is 5.01. The summed E-state index contributed by atoms with van der Waals surface area (Å²) in [4.78, 5) is 10.5. The summed E-state index contributed by atoms with van der Waals surface area (Å²) in [6.07, 6.45) is 0. The predicted octanol–water partition coefficient (Wildman–Crippen LogP) is 0.853. The van der Waals surface area contributed by atoms with Gasteiger partial charge in [0, 0.05) is 14.0 Å². The molecule has 0 bridgehead atoms. The third kappa shape index (κ3) is 11.6.